The molecule has 0 bridgehead atoms. The topological polar surface area (TPSA) is 59.5 Å². The van der Waals surface area contributed by atoms with Gasteiger partial charge in [0.15, 0.2) is 0 Å². The number of ether oxygens (including phenoxy) is 1. The number of fused-ring (bicyclic) bond motifs is 2. The molecule has 1 unspecified atom stereocenters. The van der Waals surface area contributed by atoms with Crippen molar-refractivity contribution in [2.75, 3.05) is 19.1 Å². The van der Waals surface area contributed by atoms with Gasteiger partial charge in [0, 0.05) is 22.8 Å². The van der Waals surface area contributed by atoms with Crippen LogP contribution in [0.3, 0.4) is 0 Å². The molecule has 0 N–H and O–H groups in total. The van der Waals surface area contributed by atoms with Crippen molar-refractivity contribution in [3.8, 4) is 0 Å². The van der Waals surface area contributed by atoms with Gasteiger partial charge in [-0.05, 0) is 30.5 Å². The van der Waals surface area contributed by atoms with E-state index in [-0.39, 0.29) is 12.3 Å². The standard InChI is InChI=1S/C20H17ClN2O3/c1-20(10-16(24)26-3)18-17-13(5-4-6-15(17)23(2)19(20)25)12-8-7-11(21)9-14(12)22-18/h4-9H,10H2,1-3H3. The lowest BCUT2D eigenvalue weighted by atomic mass is 9.76. The number of nitrogens with zero attached hydrogens (tertiary/aromatic N) is 2. The van der Waals surface area contributed by atoms with Crippen molar-refractivity contribution in [2.24, 2.45) is 0 Å². The molecule has 2 heterocycles. The van der Waals surface area contributed by atoms with Crippen molar-refractivity contribution in [1.29, 1.82) is 0 Å². The summed E-state index contributed by atoms with van der Waals surface area (Å²) in [6.45, 7) is 1.75. The highest BCUT2D eigenvalue weighted by Gasteiger charge is 2.46. The minimum atomic E-state index is -1.11. The Kier molecular flexibility index (Phi) is 3.66. The summed E-state index contributed by atoms with van der Waals surface area (Å²) in [6.07, 6.45) is -0.0742. The number of carbonyl (C=O) groups excluding carboxylic acids is 2. The lowest BCUT2D eigenvalue weighted by Gasteiger charge is -2.38. The van der Waals surface area contributed by atoms with E-state index in [1.54, 1.807) is 24.9 Å². The average Bonchev–Trinajstić information content (AvgIpc) is 2.64. The third-order valence-corrected chi connectivity index (χ3v) is 5.38. The molecular formula is C20H17ClN2O3. The molecule has 2 aromatic carbocycles. The van der Waals surface area contributed by atoms with Gasteiger partial charge >= 0.3 is 5.97 Å². The van der Waals surface area contributed by atoms with Gasteiger partial charge in [-0.25, -0.2) is 0 Å². The fourth-order valence-corrected chi connectivity index (χ4v) is 3.96. The van der Waals surface area contributed by atoms with E-state index in [1.165, 1.54) is 7.11 Å². The van der Waals surface area contributed by atoms with Crippen molar-refractivity contribution in [1.82, 2.24) is 4.98 Å². The first-order valence-electron chi connectivity index (χ1n) is 8.24. The quantitative estimate of drug-likeness (QED) is 0.509. The smallest absolute Gasteiger partial charge is 0.306 e. The third kappa shape index (κ3) is 2.20. The fraction of sp³-hybridized carbons (Fsp3) is 0.250. The van der Waals surface area contributed by atoms with E-state index in [4.69, 9.17) is 21.3 Å². The summed E-state index contributed by atoms with van der Waals surface area (Å²) in [5.41, 5.74) is 0.969. The second kappa shape index (κ2) is 5.68. The fourth-order valence-electron chi connectivity index (χ4n) is 3.79. The van der Waals surface area contributed by atoms with Gasteiger partial charge in [-0.3, -0.25) is 14.6 Å². The molecule has 1 aliphatic heterocycles. The molecule has 0 fully saturated rings. The van der Waals surface area contributed by atoms with Crippen LogP contribution < -0.4 is 4.90 Å². The molecule has 1 aliphatic rings. The first kappa shape index (κ1) is 16.8. The maximum Gasteiger partial charge on any atom is 0.306 e. The number of hydrogen-bond donors (Lipinski definition) is 0. The Balaban J connectivity index is 2.15. The number of halogens is 1. The zero-order chi connectivity index (χ0) is 18.6. The van der Waals surface area contributed by atoms with Gasteiger partial charge in [0.25, 0.3) is 0 Å². The Morgan fingerprint density at radius 3 is 2.77 bits per heavy atom. The van der Waals surface area contributed by atoms with E-state index < -0.39 is 11.4 Å². The van der Waals surface area contributed by atoms with Crippen molar-refractivity contribution in [3.05, 3.63) is 47.1 Å². The molecule has 3 aromatic rings. The zero-order valence-corrected chi connectivity index (χ0v) is 15.4. The second-order valence-corrected chi connectivity index (χ2v) is 7.21. The van der Waals surface area contributed by atoms with Crippen LogP contribution in [0.2, 0.25) is 5.02 Å². The molecule has 6 heteroatoms. The molecule has 132 valence electrons. The van der Waals surface area contributed by atoms with Crippen LogP contribution >= 0.6 is 11.6 Å². The summed E-state index contributed by atoms with van der Waals surface area (Å²) in [7, 11) is 3.04. The molecule has 4 rings (SSSR count). The first-order valence-corrected chi connectivity index (χ1v) is 8.62. The highest BCUT2D eigenvalue weighted by molar-refractivity contribution is 6.31. The monoisotopic (exact) mass is 368 g/mol. The lowest BCUT2D eigenvalue weighted by molar-refractivity contribution is -0.144. The number of likely N-dealkylation sites (N-methyl/N-ethyl adjacent to an activating group) is 1. The van der Waals surface area contributed by atoms with Gasteiger partial charge in [0.1, 0.15) is 5.41 Å². The molecule has 1 amide bonds. The van der Waals surface area contributed by atoms with E-state index in [2.05, 4.69) is 0 Å². The predicted molar refractivity (Wildman–Crippen MR) is 102 cm³/mol. The second-order valence-electron chi connectivity index (χ2n) is 6.77. The highest BCUT2D eigenvalue weighted by Crippen LogP contribution is 2.45. The third-order valence-electron chi connectivity index (χ3n) is 5.15. The van der Waals surface area contributed by atoms with Crippen molar-refractivity contribution in [2.45, 2.75) is 18.8 Å². The molecule has 1 atom stereocenters. The molecule has 0 aliphatic carbocycles. The van der Waals surface area contributed by atoms with E-state index in [9.17, 15) is 9.59 Å². The average molecular weight is 369 g/mol. The zero-order valence-electron chi connectivity index (χ0n) is 14.7. The Hall–Kier alpha value is -2.66. The Bertz CT molecular complexity index is 1100. The number of carbonyl (C=O) groups is 2. The van der Waals surface area contributed by atoms with Crippen LogP contribution in [0.5, 0.6) is 0 Å². The molecule has 1 aromatic heterocycles. The summed E-state index contributed by atoms with van der Waals surface area (Å²) >= 11 is 6.15. The number of benzene rings is 2. The highest BCUT2D eigenvalue weighted by atomic mass is 35.5. The number of pyridine rings is 1. The molecule has 0 radical (unpaired) electrons. The van der Waals surface area contributed by atoms with Crippen molar-refractivity contribution < 1.29 is 14.3 Å². The van der Waals surface area contributed by atoms with Gasteiger partial charge in [0.05, 0.1) is 30.4 Å². The van der Waals surface area contributed by atoms with Crippen LogP contribution in [-0.2, 0) is 19.7 Å². The van der Waals surface area contributed by atoms with Crippen LogP contribution in [0, 0.1) is 0 Å². The molecule has 5 nitrogen and oxygen atoms in total. The summed E-state index contributed by atoms with van der Waals surface area (Å²) in [6, 6.07) is 11.4. The van der Waals surface area contributed by atoms with E-state index in [0.29, 0.717) is 16.2 Å². The van der Waals surface area contributed by atoms with Crippen molar-refractivity contribution in [3.63, 3.8) is 0 Å². The molecule has 0 spiro atoms. The summed E-state index contributed by atoms with van der Waals surface area (Å²) in [5.74, 6) is -0.633. The van der Waals surface area contributed by atoms with Gasteiger partial charge in [-0.1, -0.05) is 29.8 Å². The Morgan fingerprint density at radius 2 is 2.04 bits per heavy atom. The maximum atomic E-state index is 13.2. The number of methoxy groups -OCH3 is 1. The summed E-state index contributed by atoms with van der Waals surface area (Å²) < 4.78 is 4.83. The molecule has 0 saturated heterocycles. The largest absolute Gasteiger partial charge is 0.469 e. The van der Waals surface area contributed by atoms with E-state index in [1.807, 2.05) is 30.3 Å². The van der Waals surface area contributed by atoms with Gasteiger partial charge in [-0.15, -0.1) is 0 Å². The predicted octanol–water partition coefficient (Wildman–Crippen LogP) is 3.84. The van der Waals surface area contributed by atoms with Gasteiger partial charge in [-0.2, -0.15) is 0 Å². The number of esters is 1. The van der Waals surface area contributed by atoms with Crippen LogP contribution in [0.4, 0.5) is 5.69 Å². The number of hydrogen-bond acceptors (Lipinski definition) is 4. The first-order chi connectivity index (χ1) is 12.4. The number of amides is 1. The maximum absolute atomic E-state index is 13.2. The number of rotatable bonds is 2. The number of aromatic nitrogens is 1. The molecule has 0 saturated carbocycles. The Labute approximate surface area is 155 Å². The summed E-state index contributed by atoms with van der Waals surface area (Å²) in [4.78, 5) is 31.6. The normalized spacial score (nSPS) is 19.2. The lowest BCUT2D eigenvalue weighted by Crippen LogP contribution is -2.48. The number of anilines is 1. The molecule has 26 heavy (non-hydrogen) atoms. The van der Waals surface area contributed by atoms with Gasteiger partial charge < -0.3 is 9.64 Å². The van der Waals surface area contributed by atoms with E-state index >= 15 is 0 Å². The van der Waals surface area contributed by atoms with Crippen LogP contribution in [-0.4, -0.2) is 31.0 Å². The Morgan fingerprint density at radius 1 is 1.27 bits per heavy atom. The van der Waals surface area contributed by atoms with Gasteiger partial charge in [0.2, 0.25) is 5.91 Å². The van der Waals surface area contributed by atoms with Crippen LogP contribution in [0.1, 0.15) is 19.0 Å². The van der Waals surface area contributed by atoms with Crippen molar-refractivity contribution >= 4 is 50.8 Å². The minimum Gasteiger partial charge on any atom is -0.469 e. The van der Waals surface area contributed by atoms with Crippen LogP contribution in [0.25, 0.3) is 21.7 Å². The minimum absolute atomic E-state index is 0.0742. The van der Waals surface area contributed by atoms with Crippen LogP contribution in [0.15, 0.2) is 36.4 Å². The molecular weight excluding hydrogens is 352 g/mol. The summed E-state index contributed by atoms with van der Waals surface area (Å²) in [5, 5.41) is 3.39. The SMILES string of the molecule is COC(=O)CC1(C)C(=O)N(C)c2cccc3c2c1nc1cc(Cl)ccc13. The van der Waals surface area contributed by atoms with E-state index in [0.717, 1.165) is 21.8 Å².